The largest absolute Gasteiger partial charge is 0.372 e. The van der Waals surface area contributed by atoms with E-state index >= 15 is 0 Å². The fraction of sp³-hybridized carbons (Fsp3) is 0.412. The van der Waals surface area contributed by atoms with Gasteiger partial charge in [-0.3, -0.25) is 0 Å². The number of hydrogen-bond acceptors (Lipinski definition) is 2. The van der Waals surface area contributed by atoms with Crippen LogP contribution in [-0.4, -0.2) is 13.2 Å². The molecule has 0 N–H and O–H groups in total. The van der Waals surface area contributed by atoms with Crippen LogP contribution < -0.4 is 0 Å². The van der Waals surface area contributed by atoms with E-state index in [0.717, 1.165) is 19.4 Å². The van der Waals surface area contributed by atoms with Crippen LogP contribution in [0.15, 0.2) is 53.6 Å². The zero-order chi connectivity index (χ0) is 15.3. The molecule has 0 aliphatic rings. The lowest BCUT2D eigenvalue weighted by atomic mass is 10.1. The zero-order valence-electron chi connectivity index (χ0n) is 13.0. The number of rotatable bonds is 10. The van der Waals surface area contributed by atoms with Crippen LogP contribution in [0.5, 0.6) is 0 Å². The van der Waals surface area contributed by atoms with Gasteiger partial charge in [-0.15, -0.1) is 0 Å². The highest BCUT2D eigenvalue weighted by molar-refractivity contribution is 8.00. The Balaban J connectivity index is 2.16. The second-order valence-corrected chi connectivity index (χ2v) is 6.28. The summed E-state index contributed by atoms with van der Waals surface area (Å²) in [6.45, 7) is 6.39. The second kappa shape index (κ2) is 12.1. The van der Waals surface area contributed by atoms with Crippen molar-refractivity contribution in [3.05, 3.63) is 59.2 Å². The molecule has 2 unspecified atom stereocenters. The highest BCUT2D eigenvalue weighted by atomic mass is 32.0. The summed E-state index contributed by atoms with van der Waals surface area (Å²) in [4.78, 5) is 0. The average molecular weight is 324 g/mol. The van der Waals surface area contributed by atoms with Gasteiger partial charge in [-0.1, -0.05) is 62.6 Å². The van der Waals surface area contributed by atoms with Crippen molar-refractivity contribution in [2.75, 3.05) is 13.2 Å². The van der Waals surface area contributed by atoms with E-state index in [1.54, 1.807) is 0 Å². The number of allylic oxidation sites excluding steroid dienone is 2. The Morgan fingerprint density at radius 1 is 1.14 bits per heavy atom. The molecule has 0 spiro atoms. The van der Waals surface area contributed by atoms with Gasteiger partial charge >= 0.3 is 0 Å². The van der Waals surface area contributed by atoms with Gasteiger partial charge < -0.3 is 9.26 Å². The molecule has 0 radical (unpaired) electrons. The maximum atomic E-state index is 5.71. The summed E-state index contributed by atoms with van der Waals surface area (Å²) in [5.41, 5.74) is 3.90. The summed E-state index contributed by atoms with van der Waals surface area (Å²) in [6, 6.07) is 10.3. The highest BCUT2D eigenvalue weighted by Gasteiger charge is 1.94. The van der Waals surface area contributed by atoms with E-state index in [9.17, 15) is 0 Å². The Hall–Kier alpha value is -0.520. The zero-order valence-corrected chi connectivity index (χ0v) is 15.1. The van der Waals surface area contributed by atoms with Crippen LogP contribution >= 0.6 is 17.4 Å². The fourth-order valence-electron chi connectivity index (χ4n) is 1.84. The molecule has 1 aromatic carbocycles. The molecule has 0 saturated heterocycles. The molecule has 21 heavy (non-hydrogen) atoms. The summed E-state index contributed by atoms with van der Waals surface area (Å²) < 4.78 is 11.0. The second-order valence-electron chi connectivity index (χ2n) is 5.05. The Morgan fingerprint density at radius 3 is 2.62 bits per heavy atom. The van der Waals surface area contributed by atoms with Gasteiger partial charge in [-0.05, 0) is 32.3 Å². The molecule has 0 aromatic heterocycles. The first kappa shape index (κ1) is 18.5. The molecule has 1 rings (SSSR count). The monoisotopic (exact) mass is 324 g/mol. The highest BCUT2D eigenvalue weighted by Crippen LogP contribution is 2.21. The van der Waals surface area contributed by atoms with Crippen LogP contribution in [0.2, 0.25) is 0 Å². The lowest BCUT2D eigenvalue weighted by Gasteiger charge is -2.05. The normalized spacial score (nSPS) is 13.3. The van der Waals surface area contributed by atoms with Crippen LogP contribution in [0, 0.1) is 0 Å². The topological polar surface area (TPSA) is 18.5 Å². The van der Waals surface area contributed by atoms with Crippen molar-refractivity contribution >= 4 is 17.4 Å². The summed E-state index contributed by atoms with van der Waals surface area (Å²) >= 11 is 0. The molecule has 4 heteroatoms. The van der Waals surface area contributed by atoms with Gasteiger partial charge in [-0.25, -0.2) is 0 Å². The number of ether oxygens (including phenoxy) is 1. The van der Waals surface area contributed by atoms with Gasteiger partial charge in [-0.2, -0.15) is 0 Å². The first-order valence-electron chi connectivity index (χ1n) is 7.22. The molecule has 0 aliphatic heterocycles. The summed E-state index contributed by atoms with van der Waals surface area (Å²) in [5, 5.41) is 0. The third kappa shape index (κ3) is 9.93. The van der Waals surface area contributed by atoms with Gasteiger partial charge in [0.15, 0.2) is 0 Å². The number of benzene rings is 1. The summed E-state index contributed by atoms with van der Waals surface area (Å²) in [5.74, 6) is 0. The molecular formula is C17H26O2P2. The van der Waals surface area contributed by atoms with E-state index in [1.165, 1.54) is 16.7 Å². The smallest absolute Gasteiger partial charge is 0.0721 e. The molecule has 0 heterocycles. The first-order chi connectivity index (χ1) is 10.2. The van der Waals surface area contributed by atoms with Crippen molar-refractivity contribution in [2.24, 2.45) is 0 Å². The maximum Gasteiger partial charge on any atom is 0.0721 e. The molecule has 0 aliphatic carbocycles. The van der Waals surface area contributed by atoms with Gasteiger partial charge in [0.2, 0.25) is 0 Å². The molecule has 0 saturated carbocycles. The fourth-order valence-corrected chi connectivity index (χ4v) is 2.31. The Kier molecular flexibility index (Phi) is 10.6. The molecule has 0 amide bonds. The lowest BCUT2D eigenvalue weighted by Crippen LogP contribution is -1.96. The predicted octanol–water partition coefficient (Wildman–Crippen LogP) is 5.28. The quantitative estimate of drug-likeness (QED) is 0.331. The molecule has 0 bridgehead atoms. The average Bonchev–Trinajstić information content (AvgIpc) is 2.48. The Bertz CT molecular complexity index is 441. The minimum Gasteiger partial charge on any atom is -0.372 e. The molecule has 1 aromatic rings. The Labute approximate surface area is 133 Å². The van der Waals surface area contributed by atoms with Gasteiger partial charge in [0.1, 0.15) is 0 Å². The summed E-state index contributed by atoms with van der Waals surface area (Å²) in [6.07, 6.45) is 6.57. The molecule has 0 fully saturated rings. The van der Waals surface area contributed by atoms with Gasteiger partial charge in [0.25, 0.3) is 0 Å². The van der Waals surface area contributed by atoms with Crippen LogP contribution in [0.3, 0.4) is 0 Å². The minimum absolute atomic E-state index is 0.487. The summed E-state index contributed by atoms with van der Waals surface area (Å²) in [7, 11) is 3.07. The van der Waals surface area contributed by atoms with Crippen molar-refractivity contribution in [3.8, 4) is 0 Å². The van der Waals surface area contributed by atoms with E-state index in [-0.39, 0.29) is 0 Å². The van der Waals surface area contributed by atoms with Crippen molar-refractivity contribution in [2.45, 2.75) is 33.3 Å². The maximum absolute atomic E-state index is 5.71. The molecule has 2 nitrogen and oxygen atoms in total. The van der Waals surface area contributed by atoms with Crippen LogP contribution in [-0.2, 0) is 15.9 Å². The van der Waals surface area contributed by atoms with E-state index < -0.39 is 0 Å². The van der Waals surface area contributed by atoms with E-state index in [1.807, 2.05) is 18.2 Å². The van der Waals surface area contributed by atoms with E-state index in [0.29, 0.717) is 21.7 Å². The lowest BCUT2D eigenvalue weighted by molar-refractivity contribution is 0.142. The third-order valence-electron chi connectivity index (χ3n) is 3.07. The molecule has 2 atom stereocenters. The van der Waals surface area contributed by atoms with E-state index in [2.05, 4.69) is 47.1 Å². The minimum atomic E-state index is 0.487. The van der Waals surface area contributed by atoms with Crippen molar-refractivity contribution < 1.29 is 9.26 Å². The van der Waals surface area contributed by atoms with Gasteiger partial charge in [0.05, 0.1) is 19.8 Å². The molecular weight excluding hydrogens is 298 g/mol. The van der Waals surface area contributed by atoms with Crippen molar-refractivity contribution in [1.29, 1.82) is 0 Å². The predicted molar refractivity (Wildman–Crippen MR) is 96.8 cm³/mol. The number of hydrogen-bond donors (Lipinski definition) is 0. The standard InChI is InChI=1S/C17H26O2P2/c1-15(11-12-19-21-20)7-6-8-16(2)13-18-14-17-9-4-3-5-10-17/h3-5,8-11,21H,6-7,12-14,20H2,1-2H3/b15-11+,16-8+. The van der Waals surface area contributed by atoms with Crippen molar-refractivity contribution in [1.82, 2.24) is 0 Å². The van der Waals surface area contributed by atoms with Crippen molar-refractivity contribution in [3.63, 3.8) is 0 Å². The molecule has 116 valence electrons. The first-order valence-corrected chi connectivity index (χ1v) is 9.94. The van der Waals surface area contributed by atoms with E-state index in [4.69, 9.17) is 9.26 Å². The van der Waals surface area contributed by atoms with Crippen LogP contribution in [0.4, 0.5) is 0 Å². The third-order valence-corrected chi connectivity index (χ3v) is 3.90. The SMILES string of the molecule is C/C(=C\COPP)CC/C=C(\C)COCc1ccccc1. The Morgan fingerprint density at radius 2 is 1.90 bits per heavy atom. The van der Waals surface area contributed by atoms with Crippen LogP contribution in [0.25, 0.3) is 0 Å². The van der Waals surface area contributed by atoms with Gasteiger partial charge in [0, 0.05) is 8.50 Å². The van der Waals surface area contributed by atoms with Crippen LogP contribution in [0.1, 0.15) is 32.3 Å².